The summed E-state index contributed by atoms with van der Waals surface area (Å²) in [5.41, 5.74) is 0.228. The normalized spacial score (nSPS) is 23.9. The number of hydrogen-bond donors (Lipinski definition) is 1. The fourth-order valence-electron chi connectivity index (χ4n) is 4.33. The van der Waals surface area contributed by atoms with Crippen molar-refractivity contribution in [3.63, 3.8) is 0 Å². The van der Waals surface area contributed by atoms with Gasteiger partial charge in [0.05, 0.1) is 18.8 Å². The van der Waals surface area contributed by atoms with Gasteiger partial charge in [0.1, 0.15) is 11.8 Å². The molecule has 9 heteroatoms. The van der Waals surface area contributed by atoms with Gasteiger partial charge in [-0.05, 0) is 7.05 Å². The van der Waals surface area contributed by atoms with E-state index in [1.54, 1.807) is 4.90 Å². The summed E-state index contributed by atoms with van der Waals surface area (Å²) in [4.78, 5) is 28.1. The van der Waals surface area contributed by atoms with E-state index in [1.807, 2.05) is 7.05 Å². The fraction of sp³-hybridized carbons (Fsp3) is 0.556. The SMILES string of the molecule is CC(=O)NC[C@H]1CN(c2cc(F)c(N3CC4(CN(C)C4)C3)c(F)c2)C(=O)O1. The average molecular weight is 380 g/mol. The smallest absolute Gasteiger partial charge is 0.414 e. The summed E-state index contributed by atoms with van der Waals surface area (Å²) in [5, 5.41) is 2.56. The van der Waals surface area contributed by atoms with Crippen LogP contribution in [0.1, 0.15) is 6.92 Å². The zero-order chi connectivity index (χ0) is 19.3. The van der Waals surface area contributed by atoms with E-state index in [4.69, 9.17) is 4.74 Å². The van der Waals surface area contributed by atoms with Crippen LogP contribution in [0.25, 0.3) is 0 Å². The summed E-state index contributed by atoms with van der Waals surface area (Å²) >= 11 is 0. The van der Waals surface area contributed by atoms with Crippen molar-refractivity contribution in [1.29, 1.82) is 0 Å². The predicted molar refractivity (Wildman–Crippen MR) is 94.8 cm³/mol. The Morgan fingerprint density at radius 2 is 1.89 bits per heavy atom. The van der Waals surface area contributed by atoms with Crippen LogP contribution in [-0.2, 0) is 9.53 Å². The first kappa shape index (κ1) is 18.0. The van der Waals surface area contributed by atoms with Crippen LogP contribution in [0.4, 0.5) is 25.0 Å². The summed E-state index contributed by atoms with van der Waals surface area (Å²) in [6.45, 7) is 4.80. The first-order valence-corrected chi connectivity index (χ1v) is 8.91. The minimum Gasteiger partial charge on any atom is -0.442 e. The van der Waals surface area contributed by atoms with Crippen molar-refractivity contribution in [2.24, 2.45) is 5.41 Å². The number of amides is 2. The number of benzene rings is 1. The van der Waals surface area contributed by atoms with Gasteiger partial charge < -0.3 is 19.9 Å². The lowest BCUT2D eigenvalue weighted by molar-refractivity contribution is -0.119. The molecule has 27 heavy (non-hydrogen) atoms. The topological polar surface area (TPSA) is 65.1 Å². The molecule has 1 spiro atoms. The van der Waals surface area contributed by atoms with Crippen LogP contribution >= 0.6 is 0 Å². The van der Waals surface area contributed by atoms with Gasteiger partial charge in [0, 0.05) is 50.7 Å². The largest absolute Gasteiger partial charge is 0.442 e. The molecule has 7 nitrogen and oxygen atoms in total. The second-order valence-corrected chi connectivity index (χ2v) is 7.84. The summed E-state index contributed by atoms with van der Waals surface area (Å²) in [6, 6.07) is 2.33. The van der Waals surface area contributed by atoms with Crippen LogP contribution in [0.5, 0.6) is 0 Å². The highest BCUT2D eigenvalue weighted by Crippen LogP contribution is 2.43. The molecule has 3 saturated heterocycles. The second-order valence-electron chi connectivity index (χ2n) is 7.84. The van der Waals surface area contributed by atoms with Gasteiger partial charge in [-0.25, -0.2) is 13.6 Å². The summed E-state index contributed by atoms with van der Waals surface area (Å²) in [7, 11) is 2.03. The Kier molecular flexibility index (Phi) is 4.21. The molecule has 3 fully saturated rings. The summed E-state index contributed by atoms with van der Waals surface area (Å²) in [5.74, 6) is -1.62. The Labute approximate surface area is 155 Å². The maximum atomic E-state index is 14.6. The van der Waals surface area contributed by atoms with E-state index in [0.29, 0.717) is 13.1 Å². The lowest BCUT2D eigenvalue weighted by atomic mass is 9.73. The highest BCUT2D eigenvalue weighted by molar-refractivity contribution is 5.90. The Balaban J connectivity index is 1.46. The third-order valence-electron chi connectivity index (χ3n) is 5.35. The van der Waals surface area contributed by atoms with E-state index >= 15 is 0 Å². The predicted octanol–water partition coefficient (Wildman–Crippen LogP) is 1.18. The van der Waals surface area contributed by atoms with Crippen molar-refractivity contribution in [2.75, 3.05) is 56.1 Å². The first-order valence-electron chi connectivity index (χ1n) is 8.91. The zero-order valence-corrected chi connectivity index (χ0v) is 15.3. The van der Waals surface area contributed by atoms with Crippen molar-refractivity contribution in [1.82, 2.24) is 10.2 Å². The molecule has 3 aliphatic rings. The van der Waals surface area contributed by atoms with Crippen LogP contribution in [0.2, 0.25) is 0 Å². The number of hydrogen-bond acceptors (Lipinski definition) is 5. The lowest BCUT2D eigenvalue weighted by Gasteiger charge is -2.60. The summed E-state index contributed by atoms with van der Waals surface area (Å²) in [6.07, 6.45) is -1.24. The number of cyclic esters (lactones) is 1. The van der Waals surface area contributed by atoms with Crippen LogP contribution in [0.3, 0.4) is 0 Å². The third-order valence-corrected chi connectivity index (χ3v) is 5.35. The maximum Gasteiger partial charge on any atom is 0.414 e. The number of likely N-dealkylation sites (tertiary alicyclic amines) is 1. The first-order chi connectivity index (χ1) is 12.8. The molecule has 1 aromatic carbocycles. The lowest BCUT2D eigenvalue weighted by Crippen LogP contribution is -2.71. The van der Waals surface area contributed by atoms with E-state index in [1.165, 1.54) is 24.0 Å². The van der Waals surface area contributed by atoms with Gasteiger partial charge in [-0.15, -0.1) is 0 Å². The van der Waals surface area contributed by atoms with Gasteiger partial charge in [-0.3, -0.25) is 9.69 Å². The summed E-state index contributed by atoms with van der Waals surface area (Å²) < 4.78 is 34.4. The van der Waals surface area contributed by atoms with Crippen molar-refractivity contribution in [3.8, 4) is 0 Å². The maximum absolute atomic E-state index is 14.6. The molecule has 0 unspecified atom stereocenters. The van der Waals surface area contributed by atoms with E-state index < -0.39 is 23.8 Å². The van der Waals surface area contributed by atoms with Gasteiger partial charge in [0.15, 0.2) is 11.6 Å². The molecule has 0 radical (unpaired) electrons. The van der Waals surface area contributed by atoms with E-state index in [2.05, 4.69) is 10.2 Å². The van der Waals surface area contributed by atoms with Gasteiger partial charge in [0.2, 0.25) is 5.91 Å². The molecule has 0 aromatic heterocycles. The highest BCUT2D eigenvalue weighted by Gasteiger charge is 2.51. The Morgan fingerprint density at radius 1 is 1.26 bits per heavy atom. The molecular formula is C18H22F2N4O3. The van der Waals surface area contributed by atoms with E-state index in [9.17, 15) is 18.4 Å². The number of carbonyl (C=O) groups is 2. The minimum atomic E-state index is -0.689. The van der Waals surface area contributed by atoms with Gasteiger partial charge in [0.25, 0.3) is 0 Å². The number of nitrogens with one attached hydrogen (secondary N) is 1. The Morgan fingerprint density at radius 3 is 2.44 bits per heavy atom. The van der Waals surface area contributed by atoms with Crippen molar-refractivity contribution >= 4 is 23.4 Å². The Bertz CT molecular complexity index is 766. The van der Waals surface area contributed by atoms with Crippen LogP contribution < -0.4 is 15.1 Å². The molecule has 2 amide bonds. The quantitative estimate of drug-likeness (QED) is 0.850. The number of ether oxygens (including phenoxy) is 1. The third kappa shape index (κ3) is 3.20. The zero-order valence-electron chi connectivity index (χ0n) is 15.3. The molecule has 0 aliphatic carbocycles. The van der Waals surface area contributed by atoms with Crippen LogP contribution in [0, 0.1) is 17.0 Å². The monoisotopic (exact) mass is 380 g/mol. The Hall–Kier alpha value is -2.42. The van der Waals surface area contributed by atoms with Gasteiger partial charge in [-0.2, -0.15) is 0 Å². The van der Waals surface area contributed by atoms with Crippen LogP contribution in [-0.4, -0.2) is 69.3 Å². The van der Waals surface area contributed by atoms with Crippen LogP contribution in [0.15, 0.2) is 12.1 Å². The van der Waals surface area contributed by atoms with Crippen molar-refractivity contribution < 1.29 is 23.1 Å². The molecule has 4 rings (SSSR count). The number of carbonyl (C=O) groups excluding carboxylic acids is 2. The van der Waals surface area contributed by atoms with Crippen molar-refractivity contribution in [2.45, 2.75) is 13.0 Å². The standard InChI is InChI=1S/C18H22F2N4O3/c1-11(25)21-5-13-6-24(17(26)27-13)12-3-14(19)16(15(20)4-12)23-9-18(10-23)7-22(2)8-18/h3-4,13H,5-10H2,1-2H3,(H,21,25)/t13-/m0/s1. The van der Waals surface area contributed by atoms with Crippen molar-refractivity contribution in [3.05, 3.63) is 23.8 Å². The number of rotatable bonds is 4. The van der Waals surface area contributed by atoms with E-state index in [0.717, 1.165) is 13.1 Å². The molecule has 1 atom stereocenters. The second kappa shape index (κ2) is 6.33. The molecule has 1 aromatic rings. The van der Waals surface area contributed by atoms with Gasteiger partial charge >= 0.3 is 6.09 Å². The number of anilines is 2. The highest BCUT2D eigenvalue weighted by atomic mass is 19.1. The number of nitrogens with zero attached hydrogens (tertiary/aromatic N) is 3. The minimum absolute atomic E-state index is 0.0405. The molecule has 146 valence electrons. The molecular weight excluding hydrogens is 358 g/mol. The molecule has 3 aliphatic heterocycles. The molecule has 1 N–H and O–H groups in total. The average Bonchev–Trinajstić information content (AvgIpc) is 2.89. The van der Waals surface area contributed by atoms with E-state index in [-0.39, 0.29) is 35.8 Å². The molecule has 3 heterocycles. The fourth-order valence-corrected chi connectivity index (χ4v) is 4.33. The van der Waals surface area contributed by atoms with Gasteiger partial charge in [-0.1, -0.05) is 0 Å². The number of halogens is 2. The molecule has 0 bridgehead atoms. The molecule has 0 saturated carbocycles.